The third-order valence-corrected chi connectivity index (χ3v) is 3.73. The molecule has 1 saturated heterocycles. The molecule has 0 aliphatic carbocycles. The fourth-order valence-corrected chi connectivity index (χ4v) is 2.53. The summed E-state index contributed by atoms with van der Waals surface area (Å²) in [5, 5.41) is 3.64. The summed E-state index contributed by atoms with van der Waals surface area (Å²) in [4.78, 5) is 30.1. The van der Waals surface area contributed by atoms with E-state index in [1.165, 1.54) is 26.2 Å². The number of carbonyl (C=O) groups excluding carboxylic acids is 2. The molecule has 0 N–H and O–H groups in total. The van der Waals surface area contributed by atoms with E-state index < -0.39 is 5.97 Å². The number of hydrogen-bond donors (Lipinski definition) is 0. The SMILES string of the molecule is CCC(=NOC(C)=O)C(=O)c1ccc(N2CCCCC2)cc1. The maximum absolute atomic E-state index is 12.3. The lowest BCUT2D eigenvalue weighted by atomic mass is 10.0. The van der Waals surface area contributed by atoms with E-state index in [1.807, 2.05) is 31.2 Å². The zero-order chi connectivity index (χ0) is 15.9. The second-order valence-electron chi connectivity index (χ2n) is 5.40. The van der Waals surface area contributed by atoms with Crippen molar-refractivity contribution >= 4 is 23.2 Å². The minimum absolute atomic E-state index is 0.200. The van der Waals surface area contributed by atoms with Crippen LogP contribution >= 0.6 is 0 Å². The van der Waals surface area contributed by atoms with Gasteiger partial charge in [0.2, 0.25) is 5.78 Å². The molecule has 0 unspecified atom stereocenters. The van der Waals surface area contributed by atoms with Crippen LogP contribution in [0.15, 0.2) is 29.4 Å². The summed E-state index contributed by atoms with van der Waals surface area (Å²) in [7, 11) is 0. The van der Waals surface area contributed by atoms with Crippen molar-refractivity contribution in [2.45, 2.75) is 39.5 Å². The topological polar surface area (TPSA) is 59.0 Å². The van der Waals surface area contributed by atoms with Gasteiger partial charge in [0.25, 0.3) is 0 Å². The van der Waals surface area contributed by atoms with E-state index >= 15 is 0 Å². The monoisotopic (exact) mass is 302 g/mol. The Morgan fingerprint density at radius 3 is 2.32 bits per heavy atom. The Hall–Kier alpha value is -2.17. The van der Waals surface area contributed by atoms with E-state index in [0.717, 1.165) is 18.8 Å². The van der Waals surface area contributed by atoms with E-state index in [4.69, 9.17) is 0 Å². The van der Waals surface area contributed by atoms with Crippen LogP contribution in [0, 0.1) is 0 Å². The predicted octanol–water partition coefficient (Wildman–Crippen LogP) is 3.19. The standard InChI is InChI=1S/C17H22N2O3/c1-3-16(18-22-13(2)20)17(21)14-7-9-15(10-8-14)19-11-5-4-6-12-19/h7-10H,3-6,11-12H2,1-2H3. The van der Waals surface area contributed by atoms with Crippen molar-refractivity contribution in [1.29, 1.82) is 0 Å². The molecular formula is C17H22N2O3. The van der Waals surface area contributed by atoms with Crippen molar-refractivity contribution in [3.63, 3.8) is 0 Å². The Kier molecular flexibility index (Phi) is 5.69. The van der Waals surface area contributed by atoms with Gasteiger partial charge in [-0.3, -0.25) is 4.79 Å². The Balaban J connectivity index is 2.09. The maximum atomic E-state index is 12.3. The van der Waals surface area contributed by atoms with E-state index in [9.17, 15) is 9.59 Å². The number of hydrogen-bond acceptors (Lipinski definition) is 5. The third kappa shape index (κ3) is 4.16. The van der Waals surface area contributed by atoms with Crippen LogP contribution in [0.4, 0.5) is 5.69 Å². The van der Waals surface area contributed by atoms with Crippen LogP contribution in [-0.4, -0.2) is 30.6 Å². The Bertz CT molecular complexity index is 558. The molecule has 5 heteroatoms. The lowest BCUT2D eigenvalue weighted by molar-refractivity contribution is -0.140. The van der Waals surface area contributed by atoms with Crippen LogP contribution in [-0.2, 0) is 9.63 Å². The third-order valence-electron chi connectivity index (χ3n) is 3.73. The van der Waals surface area contributed by atoms with Crippen LogP contribution in [0.2, 0.25) is 0 Å². The van der Waals surface area contributed by atoms with Gasteiger partial charge in [-0.1, -0.05) is 12.1 Å². The number of ketones is 1. The molecule has 0 spiro atoms. The number of anilines is 1. The summed E-state index contributed by atoms with van der Waals surface area (Å²) < 4.78 is 0. The lowest BCUT2D eigenvalue weighted by Gasteiger charge is -2.28. The molecule has 1 heterocycles. The van der Waals surface area contributed by atoms with Crippen LogP contribution in [0.1, 0.15) is 49.9 Å². The Morgan fingerprint density at radius 1 is 1.14 bits per heavy atom. The second kappa shape index (κ2) is 7.73. The average molecular weight is 302 g/mol. The molecular weight excluding hydrogens is 280 g/mol. The molecule has 0 radical (unpaired) electrons. The van der Waals surface area contributed by atoms with Crippen LogP contribution < -0.4 is 4.90 Å². The van der Waals surface area contributed by atoms with Gasteiger partial charge in [-0.2, -0.15) is 0 Å². The van der Waals surface area contributed by atoms with E-state index in [2.05, 4.69) is 14.9 Å². The van der Waals surface area contributed by atoms with Gasteiger partial charge in [-0.05, 0) is 49.9 Å². The Morgan fingerprint density at radius 2 is 1.77 bits per heavy atom. The van der Waals surface area contributed by atoms with Gasteiger partial charge < -0.3 is 9.74 Å². The molecule has 0 bridgehead atoms. The highest BCUT2D eigenvalue weighted by Gasteiger charge is 2.15. The summed E-state index contributed by atoms with van der Waals surface area (Å²) in [6, 6.07) is 7.56. The molecule has 1 aromatic rings. The Labute approximate surface area is 130 Å². The molecule has 5 nitrogen and oxygen atoms in total. The summed E-state index contributed by atoms with van der Waals surface area (Å²) in [5.74, 6) is -0.729. The summed E-state index contributed by atoms with van der Waals surface area (Å²) in [5.41, 5.74) is 1.96. The van der Waals surface area contributed by atoms with E-state index in [1.54, 1.807) is 0 Å². The van der Waals surface area contributed by atoms with Gasteiger partial charge in [0.15, 0.2) is 0 Å². The van der Waals surface area contributed by atoms with Gasteiger partial charge >= 0.3 is 5.97 Å². The molecule has 1 aliphatic heterocycles. The minimum atomic E-state index is -0.529. The smallest absolute Gasteiger partial charge is 0.331 e. The molecule has 1 aliphatic rings. The van der Waals surface area contributed by atoms with Gasteiger partial charge in [0.1, 0.15) is 5.71 Å². The molecule has 0 amide bonds. The van der Waals surface area contributed by atoms with Gasteiger partial charge in [0, 0.05) is 31.3 Å². The molecule has 1 fully saturated rings. The van der Waals surface area contributed by atoms with Crippen molar-refractivity contribution in [1.82, 2.24) is 0 Å². The van der Waals surface area contributed by atoms with Crippen molar-refractivity contribution in [3.05, 3.63) is 29.8 Å². The van der Waals surface area contributed by atoms with Crippen molar-refractivity contribution in [3.8, 4) is 0 Å². The number of nitrogens with zero attached hydrogens (tertiary/aromatic N) is 2. The van der Waals surface area contributed by atoms with E-state index in [-0.39, 0.29) is 11.5 Å². The number of piperidine rings is 1. The number of benzene rings is 1. The molecule has 0 saturated carbocycles. The molecule has 118 valence electrons. The molecule has 1 aromatic carbocycles. The molecule has 0 atom stereocenters. The van der Waals surface area contributed by atoms with E-state index in [0.29, 0.717) is 12.0 Å². The highest BCUT2D eigenvalue weighted by molar-refractivity contribution is 6.45. The zero-order valence-electron chi connectivity index (χ0n) is 13.2. The summed E-state index contributed by atoms with van der Waals surface area (Å²) in [6.45, 7) is 5.21. The highest BCUT2D eigenvalue weighted by Crippen LogP contribution is 2.20. The average Bonchev–Trinajstić information content (AvgIpc) is 2.56. The molecule has 2 rings (SSSR count). The van der Waals surface area contributed by atoms with Crippen LogP contribution in [0.25, 0.3) is 0 Å². The quantitative estimate of drug-likeness (QED) is 0.363. The van der Waals surface area contributed by atoms with Gasteiger partial charge in [-0.25, -0.2) is 4.79 Å². The normalized spacial score (nSPS) is 15.5. The highest BCUT2D eigenvalue weighted by atomic mass is 16.7. The molecule has 0 aromatic heterocycles. The lowest BCUT2D eigenvalue weighted by Crippen LogP contribution is -2.29. The first-order valence-corrected chi connectivity index (χ1v) is 7.76. The van der Waals surface area contributed by atoms with Crippen molar-refractivity contribution in [2.24, 2.45) is 5.16 Å². The first kappa shape index (κ1) is 16.2. The first-order chi connectivity index (χ1) is 10.6. The summed E-state index contributed by atoms with van der Waals surface area (Å²) in [6.07, 6.45) is 4.14. The van der Waals surface area contributed by atoms with Crippen molar-refractivity contribution < 1.29 is 14.4 Å². The van der Waals surface area contributed by atoms with Crippen LogP contribution in [0.3, 0.4) is 0 Å². The molecule has 22 heavy (non-hydrogen) atoms. The number of Topliss-reactive ketones (excluding diaryl/α,β-unsaturated/α-hetero) is 1. The minimum Gasteiger partial charge on any atom is -0.372 e. The van der Waals surface area contributed by atoms with Crippen LogP contribution in [0.5, 0.6) is 0 Å². The predicted molar refractivity (Wildman–Crippen MR) is 86.3 cm³/mol. The number of rotatable bonds is 5. The maximum Gasteiger partial charge on any atom is 0.331 e. The first-order valence-electron chi connectivity index (χ1n) is 7.76. The number of oxime groups is 1. The van der Waals surface area contributed by atoms with Crippen molar-refractivity contribution in [2.75, 3.05) is 18.0 Å². The zero-order valence-corrected chi connectivity index (χ0v) is 13.2. The van der Waals surface area contributed by atoms with Gasteiger partial charge in [0.05, 0.1) is 0 Å². The van der Waals surface area contributed by atoms with Gasteiger partial charge in [-0.15, -0.1) is 0 Å². The summed E-state index contributed by atoms with van der Waals surface area (Å²) >= 11 is 0. The fourth-order valence-electron chi connectivity index (χ4n) is 2.53. The number of carbonyl (C=O) groups is 2. The largest absolute Gasteiger partial charge is 0.372 e. The fraction of sp³-hybridized carbons (Fsp3) is 0.471. The second-order valence-corrected chi connectivity index (χ2v) is 5.40.